The van der Waals surface area contributed by atoms with E-state index in [0.29, 0.717) is 39.3 Å². The molecular formula is C13H19N3O3S. The third-order valence-corrected chi connectivity index (χ3v) is 5.64. The first-order valence-corrected chi connectivity index (χ1v) is 8.18. The number of nitrogens with two attached hydrogens (primary N) is 1. The lowest BCUT2D eigenvalue weighted by molar-refractivity contribution is 0.0729. The summed E-state index contributed by atoms with van der Waals surface area (Å²) in [5.41, 5.74) is 7.76. The molecule has 2 aliphatic rings. The highest BCUT2D eigenvalue weighted by Gasteiger charge is 2.35. The van der Waals surface area contributed by atoms with Crippen LogP contribution in [0.4, 0.5) is 5.69 Å². The fourth-order valence-electron chi connectivity index (χ4n) is 2.72. The van der Waals surface area contributed by atoms with E-state index in [1.807, 2.05) is 24.3 Å². The van der Waals surface area contributed by atoms with E-state index in [4.69, 9.17) is 10.5 Å². The van der Waals surface area contributed by atoms with Crippen LogP contribution in [0.2, 0.25) is 0 Å². The standard InChI is InChI=1S/C13H19N3O3S/c14-12-9-11-3-1-2-4-13(11)16(10-12)20(17,18)15-5-7-19-8-6-15/h1-4,12H,5-10,14H2. The zero-order valence-electron chi connectivity index (χ0n) is 11.2. The van der Waals surface area contributed by atoms with Gasteiger partial charge in [-0.25, -0.2) is 0 Å². The number of hydrogen-bond donors (Lipinski definition) is 1. The molecule has 6 nitrogen and oxygen atoms in total. The van der Waals surface area contributed by atoms with E-state index in [9.17, 15) is 8.42 Å². The van der Waals surface area contributed by atoms with Crippen LogP contribution in [0.1, 0.15) is 5.56 Å². The second kappa shape index (κ2) is 5.33. The van der Waals surface area contributed by atoms with E-state index >= 15 is 0 Å². The number of benzene rings is 1. The molecule has 1 saturated heterocycles. The Morgan fingerprint density at radius 1 is 1.20 bits per heavy atom. The number of morpholine rings is 1. The van der Waals surface area contributed by atoms with Crippen molar-refractivity contribution in [2.24, 2.45) is 5.73 Å². The van der Waals surface area contributed by atoms with Crippen molar-refractivity contribution in [3.05, 3.63) is 29.8 Å². The van der Waals surface area contributed by atoms with Crippen molar-refractivity contribution in [3.8, 4) is 0 Å². The average molecular weight is 297 g/mol. The zero-order valence-corrected chi connectivity index (χ0v) is 12.1. The number of nitrogens with zero attached hydrogens (tertiary/aromatic N) is 2. The molecule has 0 amide bonds. The van der Waals surface area contributed by atoms with Crippen molar-refractivity contribution in [1.29, 1.82) is 0 Å². The third-order valence-electron chi connectivity index (χ3n) is 3.72. The molecule has 2 heterocycles. The molecule has 20 heavy (non-hydrogen) atoms. The predicted octanol–water partition coefficient (Wildman–Crippen LogP) is -0.0466. The first-order chi connectivity index (χ1) is 9.59. The van der Waals surface area contributed by atoms with Gasteiger partial charge in [-0.05, 0) is 18.1 Å². The van der Waals surface area contributed by atoms with Crippen LogP contribution < -0.4 is 10.0 Å². The molecule has 2 N–H and O–H groups in total. The molecule has 3 rings (SSSR count). The molecule has 0 spiro atoms. The van der Waals surface area contributed by atoms with Gasteiger partial charge in [0.25, 0.3) is 0 Å². The lowest BCUT2D eigenvalue weighted by Gasteiger charge is -2.38. The van der Waals surface area contributed by atoms with Crippen LogP contribution in [0.3, 0.4) is 0 Å². The van der Waals surface area contributed by atoms with Gasteiger partial charge >= 0.3 is 10.2 Å². The Bertz CT molecular complexity index is 584. The molecule has 0 radical (unpaired) electrons. The summed E-state index contributed by atoms with van der Waals surface area (Å²) in [5, 5.41) is 0. The van der Waals surface area contributed by atoms with Crippen molar-refractivity contribution in [1.82, 2.24) is 4.31 Å². The van der Waals surface area contributed by atoms with Crippen LogP contribution in [0.25, 0.3) is 0 Å². The van der Waals surface area contributed by atoms with Crippen molar-refractivity contribution >= 4 is 15.9 Å². The van der Waals surface area contributed by atoms with Crippen molar-refractivity contribution in [2.45, 2.75) is 12.5 Å². The van der Waals surface area contributed by atoms with Gasteiger partial charge in [0.2, 0.25) is 0 Å². The molecule has 1 aromatic rings. The van der Waals surface area contributed by atoms with Crippen LogP contribution in [0, 0.1) is 0 Å². The highest BCUT2D eigenvalue weighted by Crippen LogP contribution is 2.30. The van der Waals surface area contributed by atoms with E-state index in [1.54, 1.807) is 0 Å². The van der Waals surface area contributed by atoms with Crippen LogP contribution >= 0.6 is 0 Å². The molecule has 0 saturated carbocycles. The Morgan fingerprint density at radius 3 is 2.65 bits per heavy atom. The second-order valence-electron chi connectivity index (χ2n) is 5.14. The van der Waals surface area contributed by atoms with Gasteiger partial charge in [0, 0.05) is 19.1 Å². The number of fused-ring (bicyclic) bond motifs is 1. The summed E-state index contributed by atoms with van der Waals surface area (Å²) in [6.45, 7) is 2.02. The normalized spacial score (nSPS) is 24.4. The summed E-state index contributed by atoms with van der Waals surface area (Å²) < 4.78 is 33.7. The third kappa shape index (κ3) is 2.42. The minimum atomic E-state index is -3.52. The average Bonchev–Trinajstić information content (AvgIpc) is 2.47. The first kappa shape index (κ1) is 13.8. The lowest BCUT2D eigenvalue weighted by Crippen LogP contribution is -2.53. The molecule has 7 heteroatoms. The Morgan fingerprint density at radius 2 is 1.90 bits per heavy atom. The number of para-hydroxylation sites is 1. The maximum atomic E-state index is 12.8. The molecule has 1 aromatic carbocycles. The quantitative estimate of drug-likeness (QED) is 0.830. The van der Waals surface area contributed by atoms with E-state index in [1.165, 1.54) is 8.61 Å². The van der Waals surface area contributed by atoms with Crippen LogP contribution in [0.15, 0.2) is 24.3 Å². The van der Waals surface area contributed by atoms with Crippen LogP contribution in [-0.4, -0.2) is 51.6 Å². The maximum Gasteiger partial charge on any atom is 0.304 e. The van der Waals surface area contributed by atoms with Gasteiger partial charge in [-0.2, -0.15) is 12.7 Å². The Labute approximate surface area is 119 Å². The molecule has 2 aliphatic heterocycles. The van der Waals surface area contributed by atoms with Gasteiger partial charge in [-0.1, -0.05) is 18.2 Å². The van der Waals surface area contributed by atoms with Gasteiger partial charge in [0.05, 0.1) is 25.4 Å². The minimum Gasteiger partial charge on any atom is -0.379 e. The van der Waals surface area contributed by atoms with Crippen molar-refractivity contribution in [3.63, 3.8) is 0 Å². The molecular weight excluding hydrogens is 278 g/mol. The Kier molecular flexibility index (Phi) is 3.68. The molecule has 0 bridgehead atoms. The summed E-state index contributed by atoms with van der Waals surface area (Å²) in [6.07, 6.45) is 0.714. The predicted molar refractivity (Wildman–Crippen MR) is 76.8 cm³/mol. The smallest absolute Gasteiger partial charge is 0.304 e. The van der Waals surface area contributed by atoms with E-state index in [-0.39, 0.29) is 6.04 Å². The van der Waals surface area contributed by atoms with Gasteiger partial charge in [-0.3, -0.25) is 4.31 Å². The Hall–Kier alpha value is -1.15. The number of hydrogen-bond acceptors (Lipinski definition) is 4. The number of rotatable bonds is 2. The first-order valence-electron chi connectivity index (χ1n) is 6.78. The summed E-state index contributed by atoms with van der Waals surface area (Å²) in [4.78, 5) is 0. The highest BCUT2D eigenvalue weighted by molar-refractivity contribution is 7.90. The van der Waals surface area contributed by atoms with Crippen LogP contribution in [-0.2, 0) is 21.4 Å². The monoisotopic (exact) mass is 297 g/mol. The SMILES string of the molecule is NC1Cc2ccccc2N(S(=O)(=O)N2CCOCC2)C1. The second-order valence-corrected chi connectivity index (χ2v) is 7.00. The van der Waals surface area contributed by atoms with E-state index in [0.717, 1.165) is 11.3 Å². The van der Waals surface area contributed by atoms with Crippen LogP contribution in [0.5, 0.6) is 0 Å². The van der Waals surface area contributed by atoms with E-state index in [2.05, 4.69) is 0 Å². The van der Waals surface area contributed by atoms with Gasteiger partial charge in [0.15, 0.2) is 0 Å². The summed E-state index contributed by atoms with van der Waals surface area (Å²) in [6, 6.07) is 7.39. The molecule has 1 unspecified atom stereocenters. The summed E-state index contributed by atoms with van der Waals surface area (Å²) in [7, 11) is -3.52. The summed E-state index contributed by atoms with van der Waals surface area (Å²) in [5.74, 6) is 0. The Balaban J connectivity index is 1.96. The van der Waals surface area contributed by atoms with Gasteiger partial charge in [-0.15, -0.1) is 0 Å². The largest absolute Gasteiger partial charge is 0.379 e. The molecule has 0 aliphatic carbocycles. The maximum absolute atomic E-state index is 12.8. The number of ether oxygens (including phenoxy) is 1. The fraction of sp³-hybridized carbons (Fsp3) is 0.538. The lowest BCUT2D eigenvalue weighted by atomic mass is 10.0. The summed E-state index contributed by atoms with van der Waals surface area (Å²) >= 11 is 0. The van der Waals surface area contributed by atoms with Gasteiger partial charge < -0.3 is 10.5 Å². The minimum absolute atomic E-state index is 0.166. The number of anilines is 1. The molecule has 1 fully saturated rings. The van der Waals surface area contributed by atoms with Gasteiger partial charge in [0.1, 0.15) is 0 Å². The zero-order chi connectivity index (χ0) is 14.2. The van der Waals surface area contributed by atoms with Crippen molar-refractivity contribution in [2.75, 3.05) is 37.2 Å². The molecule has 0 aromatic heterocycles. The topological polar surface area (TPSA) is 75.9 Å². The molecule has 110 valence electrons. The fourth-order valence-corrected chi connectivity index (χ4v) is 4.42. The molecule has 1 atom stereocenters. The highest BCUT2D eigenvalue weighted by atomic mass is 32.2. The van der Waals surface area contributed by atoms with Crippen molar-refractivity contribution < 1.29 is 13.2 Å². The van der Waals surface area contributed by atoms with E-state index < -0.39 is 10.2 Å².